The predicted octanol–water partition coefficient (Wildman–Crippen LogP) is 2.12. The summed E-state index contributed by atoms with van der Waals surface area (Å²) in [5.41, 5.74) is 0.575. The van der Waals surface area contributed by atoms with Gasteiger partial charge in [-0.25, -0.2) is 8.78 Å². The molecule has 3 nitrogen and oxygen atoms in total. The summed E-state index contributed by atoms with van der Waals surface area (Å²) < 4.78 is 27.4. The molecule has 0 fully saturated rings. The van der Waals surface area contributed by atoms with Crippen molar-refractivity contribution in [1.82, 2.24) is 9.78 Å². The number of carbonyl (C=O) groups excluding carboxylic acids is 1. The standard InChI is InChI=1S/C12H10F2N2O/c1-16-11(4-5-15-16)12(17)6-8-2-3-9(13)7-10(8)14/h2-5,7H,6H2,1H3. The van der Waals surface area contributed by atoms with E-state index in [1.54, 1.807) is 13.1 Å². The number of Topliss-reactive ketones (excluding diaryl/α,β-unsaturated/α-hetero) is 1. The van der Waals surface area contributed by atoms with Gasteiger partial charge in [-0.05, 0) is 17.7 Å². The van der Waals surface area contributed by atoms with Crippen molar-refractivity contribution in [2.24, 2.45) is 7.05 Å². The molecule has 0 atom stereocenters. The largest absolute Gasteiger partial charge is 0.292 e. The van der Waals surface area contributed by atoms with Crippen molar-refractivity contribution in [3.63, 3.8) is 0 Å². The lowest BCUT2D eigenvalue weighted by atomic mass is 10.1. The van der Waals surface area contributed by atoms with Crippen LogP contribution in [-0.2, 0) is 13.5 Å². The Hall–Kier alpha value is -2.04. The van der Waals surface area contributed by atoms with E-state index in [1.807, 2.05) is 0 Å². The lowest BCUT2D eigenvalue weighted by Gasteiger charge is -2.03. The molecule has 2 rings (SSSR count). The monoisotopic (exact) mass is 236 g/mol. The van der Waals surface area contributed by atoms with E-state index in [4.69, 9.17) is 0 Å². The molecule has 0 amide bonds. The average Bonchev–Trinajstić information content (AvgIpc) is 2.68. The summed E-state index contributed by atoms with van der Waals surface area (Å²) in [5.74, 6) is -1.62. The molecule has 2 aromatic rings. The first-order chi connectivity index (χ1) is 8.08. The molecule has 0 unspecified atom stereocenters. The normalized spacial score (nSPS) is 10.5. The first kappa shape index (κ1) is 11.4. The molecule has 0 saturated heterocycles. The minimum atomic E-state index is -0.708. The maximum absolute atomic E-state index is 13.3. The molecule has 88 valence electrons. The Balaban J connectivity index is 2.22. The maximum atomic E-state index is 13.3. The fraction of sp³-hybridized carbons (Fsp3) is 0.167. The Morgan fingerprint density at radius 2 is 2.12 bits per heavy atom. The lowest BCUT2D eigenvalue weighted by molar-refractivity contribution is 0.0982. The van der Waals surface area contributed by atoms with E-state index in [0.717, 1.165) is 12.1 Å². The van der Waals surface area contributed by atoms with Gasteiger partial charge in [-0.2, -0.15) is 5.10 Å². The number of rotatable bonds is 3. The molecular weight excluding hydrogens is 226 g/mol. The first-order valence-corrected chi connectivity index (χ1v) is 5.03. The summed E-state index contributed by atoms with van der Waals surface area (Å²) in [6.45, 7) is 0. The molecule has 0 N–H and O–H groups in total. The summed E-state index contributed by atoms with van der Waals surface area (Å²) in [5, 5.41) is 3.86. The van der Waals surface area contributed by atoms with Gasteiger partial charge in [0, 0.05) is 25.7 Å². The molecule has 0 radical (unpaired) electrons. The molecule has 17 heavy (non-hydrogen) atoms. The molecule has 0 bridgehead atoms. The molecular formula is C12H10F2N2O. The topological polar surface area (TPSA) is 34.9 Å². The van der Waals surface area contributed by atoms with E-state index in [0.29, 0.717) is 5.69 Å². The van der Waals surface area contributed by atoms with Gasteiger partial charge in [0.15, 0.2) is 5.78 Å². The van der Waals surface area contributed by atoms with E-state index in [2.05, 4.69) is 5.10 Å². The van der Waals surface area contributed by atoms with Crippen LogP contribution in [0.4, 0.5) is 8.78 Å². The van der Waals surface area contributed by atoms with Gasteiger partial charge >= 0.3 is 0 Å². The molecule has 0 aliphatic rings. The summed E-state index contributed by atoms with van der Waals surface area (Å²) in [6.07, 6.45) is 1.39. The van der Waals surface area contributed by atoms with E-state index in [1.165, 1.54) is 16.9 Å². The Morgan fingerprint density at radius 1 is 1.35 bits per heavy atom. The van der Waals surface area contributed by atoms with Crippen molar-refractivity contribution in [3.8, 4) is 0 Å². The molecule has 0 aliphatic heterocycles. The average molecular weight is 236 g/mol. The van der Waals surface area contributed by atoms with Gasteiger partial charge in [0.1, 0.15) is 17.3 Å². The van der Waals surface area contributed by atoms with Gasteiger partial charge in [0.05, 0.1) is 0 Å². The van der Waals surface area contributed by atoms with Crippen LogP contribution in [0.15, 0.2) is 30.5 Å². The number of hydrogen-bond donors (Lipinski definition) is 0. The number of aromatic nitrogens is 2. The highest BCUT2D eigenvalue weighted by atomic mass is 19.1. The highest BCUT2D eigenvalue weighted by Gasteiger charge is 2.13. The minimum Gasteiger partial charge on any atom is -0.292 e. The van der Waals surface area contributed by atoms with Crippen LogP contribution in [0.5, 0.6) is 0 Å². The van der Waals surface area contributed by atoms with E-state index < -0.39 is 11.6 Å². The zero-order valence-electron chi connectivity index (χ0n) is 9.15. The number of nitrogens with zero attached hydrogens (tertiary/aromatic N) is 2. The van der Waals surface area contributed by atoms with Crippen molar-refractivity contribution in [2.75, 3.05) is 0 Å². The van der Waals surface area contributed by atoms with Crippen LogP contribution in [-0.4, -0.2) is 15.6 Å². The third-order valence-electron chi connectivity index (χ3n) is 2.47. The number of ketones is 1. The maximum Gasteiger partial charge on any atom is 0.185 e. The second-order valence-corrected chi connectivity index (χ2v) is 3.68. The van der Waals surface area contributed by atoms with Crippen molar-refractivity contribution >= 4 is 5.78 Å². The van der Waals surface area contributed by atoms with Crippen molar-refractivity contribution in [1.29, 1.82) is 0 Å². The lowest BCUT2D eigenvalue weighted by Crippen LogP contribution is -2.10. The van der Waals surface area contributed by atoms with Crippen LogP contribution >= 0.6 is 0 Å². The van der Waals surface area contributed by atoms with Crippen LogP contribution in [0, 0.1) is 11.6 Å². The van der Waals surface area contributed by atoms with E-state index in [-0.39, 0.29) is 17.8 Å². The molecule has 0 spiro atoms. The number of aryl methyl sites for hydroxylation is 1. The quantitative estimate of drug-likeness (QED) is 0.765. The van der Waals surface area contributed by atoms with Gasteiger partial charge in [0.2, 0.25) is 0 Å². The molecule has 1 aromatic carbocycles. The number of halogens is 2. The Labute approximate surface area is 96.7 Å². The van der Waals surface area contributed by atoms with E-state index in [9.17, 15) is 13.6 Å². The summed E-state index contributed by atoms with van der Waals surface area (Å²) in [6, 6.07) is 4.74. The number of carbonyl (C=O) groups is 1. The highest BCUT2D eigenvalue weighted by Crippen LogP contribution is 2.12. The summed E-state index contributed by atoms with van der Waals surface area (Å²) in [7, 11) is 1.63. The van der Waals surface area contributed by atoms with Crippen LogP contribution in [0.1, 0.15) is 16.1 Å². The molecule has 5 heteroatoms. The smallest absolute Gasteiger partial charge is 0.185 e. The predicted molar refractivity (Wildman–Crippen MR) is 57.6 cm³/mol. The van der Waals surface area contributed by atoms with Crippen LogP contribution in [0.25, 0.3) is 0 Å². The Bertz CT molecular complexity index is 563. The van der Waals surface area contributed by atoms with Gasteiger partial charge in [-0.15, -0.1) is 0 Å². The summed E-state index contributed by atoms with van der Waals surface area (Å²) in [4.78, 5) is 11.8. The number of hydrogen-bond acceptors (Lipinski definition) is 2. The molecule has 1 aromatic heterocycles. The number of benzene rings is 1. The third-order valence-corrected chi connectivity index (χ3v) is 2.47. The second kappa shape index (κ2) is 4.45. The Morgan fingerprint density at radius 3 is 2.71 bits per heavy atom. The van der Waals surface area contributed by atoms with Crippen LogP contribution < -0.4 is 0 Å². The third kappa shape index (κ3) is 2.38. The van der Waals surface area contributed by atoms with Crippen molar-refractivity contribution in [3.05, 3.63) is 53.4 Å². The highest BCUT2D eigenvalue weighted by molar-refractivity contribution is 5.95. The SMILES string of the molecule is Cn1nccc1C(=O)Cc1ccc(F)cc1F. The zero-order valence-corrected chi connectivity index (χ0v) is 9.15. The minimum absolute atomic E-state index is 0.106. The van der Waals surface area contributed by atoms with Gasteiger partial charge in [0.25, 0.3) is 0 Å². The van der Waals surface area contributed by atoms with Crippen LogP contribution in [0.2, 0.25) is 0 Å². The van der Waals surface area contributed by atoms with Gasteiger partial charge in [-0.3, -0.25) is 9.48 Å². The van der Waals surface area contributed by atoms with Crippen LogP contribution in [0.3, 0.4) is 0 Å². The fourth-order valence-electron chi connectivity index (χ4n) is 1.58. The molecule has 0 saturated carbocycles. The molecule has 0 aliphatic carbocycles. The Kier molecular flexibility index (Phi) is 2.99. The van der Waals surface area contributed by atoms with Crippen molar-refractivity contribution < 1.29 is 13.6 Å². The van der Waals surface area contributed by atoms with Crippen molar-refractivity contribution in [2.45, 2.75) is 6.42 Å². The van der Waals surface area contributed by atoms with Gasteiger partial charge in [-0.1, -0.05) is 6.07 Å². The summed E-state index contributed by atoms with van der Waals surface area (Å²) >= 11 is 0. The van der Waals surface area contributed by atoms with Gasteiger partial charge < -0.3 is 0 Å². The van der Waals surface area contributed by atoms with E-state index >= 15 is 0 Å². The second-order valence-electron chi connectivity index (χ2n) is 3.68. The molecule has 1 heterocycles. The fourth-order valence-corrected chi connectivity index (χ4v) is 1.58. The first-order valence-electron chi connectivity index (χ1n) is 5.03. The zero-order chi connectivity index (χ0) is 12.4.